The first-order chi connectivity index (χ1) is 12.0. The van der Waals surface area contributed by atoms with Crippen molar-refractivity contribution in [1.82, 2.24) is 9.55 Å². The van der Waals surface area contributed by atoms with Gasteiger partial charge in [-0.05, 0) is 43.0 Å². The molecular weight excluding hydrogens is 381 g/mol. The number of rotatable bonds is 3. The van der Waals surface area contributed by atoms with Gasteiger partial charge in [0.1, 0.15) is 11.4 Å². The van der Waals surface area contributed by atoms with Gasteiger partial charge in [-0.2, -0.15) is 0 Å². The van der Waals surface area contributed by atoms with Gasteiger partial charge in [0.2, 0.25) is 5.91 Å². The maximum Gasteiger partial charge on any atom is 0.262 e. The molecule has 0 aliphatic heterocycles. The Kier molecular flexibility index (Phi) is 4.27. The number of benzene rings is 1. The molecule has 0 bridgehead atoms. The monoisotopic (exact) mass is 393 g/mol. The van der Waals surface area contributed by atoms with Crippen molar-refractivity contribution in [3.63, 3.8) is 0 Å². The van der Waals surface area contributed by atoms with Gasteiger partial charge in [0.15, 0.2) is 0 Å². The van der Waals surface area contributed by atoms with Crippen molar-refractivity contribution in [2.45, 2.75) is 25.8 Å². The normalized spacial score (nSPS) is 13.2. The van der Waals surface area contributed by atoms with E-state index in [9.17, 15) is 9.59 Å². The predicted molar refractivity (Wildman–Crippen MR) is 101 cm³/mol. The van der Waals surface area contributed by atoms with Gasteiger partial charge < -0.3 is 5.32 Å². The van der Waals surface area contributed by atoms with Gasteiger partial charge in [-0.3, -0.25) is 14.2 Å². The Morgan fingerprint density at radius 3 is 3.00 bits per heavy atom. The lowest BCUT2D eigenvalue weighted by Crippen LogP contribution is -2.28. The smallest absolute Gasteiger partial charge is 0.262 e. The van der Waals surface area contributed by atoms with Crippen molar-refractivity contribution in [3.8, 4) is 0 Å². The average Bonchev–Trinajstić information content (AvgIpc) is 3.14. The molecule has 8 heteroatoms. The first-order valence-electron chi connectivity index (χ1n) is 7.77. The number of thiophene rings is 1. The highest BCUT2D eigenvalue weighted by molar-refractivity contribution is 7.18. The van der Waals surface area contributed by atoms with E-state index in [2.05, 4.69) is 10.3 Å². The molecule has 0 fully saturated rings. The first-order valence-corrected chi connectivity index (χ1v) is 9.35. The standard InChI is InChI=1S/C17H13Cl2N3O2S/c18-9-4-5-11(19)12(6-9)21-14(23)7-22-8-20-16-15(17(22)24)10-2-1-3-13(10)25-16/h4-6,8H,1-3,7H2,(H,21,23). The van der Waals surface area contributed by atoms with Crippen LogP contribution < -0.4 is 10.9 Å². The van der Waals surface area contributed by atoms with Crippen molar-refractivity contribution in [1.29, 1.82) is 0 Å². The van der Waals surface area contributed by atoms with E-state index in [0.717, 1.165) is 29.7 Å². The summed E-state index contributed by atoms with van der Waals surface area (Å²) in [5.74, 6) is -0.362. The lowest BCUT2D eigenvalue weighted by Gasteiger charge is -2.09. The molecule has 1 aliphatic carbocycles. The molecular formula is C17H13Cl2N3O2S. The highest BCUT2D eigenvalue weighted by atomic mass is 35.5. The van der Waals surface area contributed by atoms with Gasteiger partial charge in [0.05, 0.1) is 22.4 Å². The van der Waals surface area contributed by atoms with Crippen LogP contribution in [-0.4, -0.2) is 15.5 Å². The Morgan fingerprint density at radius 1 is 1.32 bits per heavy atom. The van der Waals surface area contributed by atoms with Crippen molar-refractivity contribution < 1.29 is 4.79 Å². The molecule has 1 aliphatic rings. The fourth-order valence-corrected chi connectivity index (χ4v) is 4.63. The van der Waals surface area contributed by atoms with Crippen LogP contribution in [0.5, 0.6) is 0 Å². The molecule has 2 aromatic heterocycles. The van der Waals surface area contributed by atoms with Crippen LogP contribution in [0.25, 0.3) is 10.2 Å². The molecule has 0 unspecified atom stereocenters. The number of aromatic nitrogens is 2. The number of hydrogen-bond acceptors (Lipinski definition) is 4. The van der Waals surface area contributed by atoms with E-state index in [-0.39, 0.29) is 18.0 Å². The molecule has 3 aromatic rings. The highest BCUT2D eigenvalue weighted by Crippen LogP contribution is 2.34. The van der Waals surface area contributed by atoms with E-state index >= 15 is 0 Å². The molecule has 2 heterocycles. The second kappa shape index (κ2) is 6.44. The molecule has 128 valence electrons. The third-order valence-corrected chi connectivity index (χ3v) is 5.97. The van der Waals surface area contributed by atoms with E-state index in [1.54, 1.807) is 29.5 Å². The van der Waals surface area contributed by atoms with Crippen LogP contribution in [0.4, 0.5) is 5.69 Å². The minimum Gasteiger partial charge on any atom is -0.323 e. The first kappa shape index (κ1) is 16.6. The Balaban J connectivity index is 1.62. The summed E-state index contributed by atoms with van der Waals surface area (Å²) in [7, 11) is 0. The number of nitrogens with zero attached hydrogens (tertiary/aromatic N) is 2. The summed E-state index contributed by atoms with van der Waals surface area (Å²) in [6.07, 6.45) is 4.40. The lowest BCUT2D eigenvalue weighted by atomic mass is 10.2. The van der Waals surface area contributed by atoms with E-state index in [1.807, 2.05) is 0 Å². The summed E-state index contributed by atoms with van der Waals surface area (Å²) in [5, 5.41) is 4.19. The number of amides is 1. The average molecular weight is 394 g/mol. The molecule has 0 saturated carbocycles. The molecule has 0 spiro atoms. The lowest BCUT2D eigenvalue weighted by molar-refractivity contribution is -0.116. The number of anilines is 1. The molecule has 25 heavy (non-hydrogen) atoms. The Bertz CT molecular complexity index is 1060. The summed E-state index contributed by atoms with van der Waals surface area (Å²) in [4.78, 5) is 31.4. The molecule has 4 rings (SSSR count). The van der Waals surface area contributed by atoms with E-state index in [4.69, 9.17) is 23.2 Å². The van der Waals surface area contributed by atoms with Crippen molar-refractivity contribution in [2.24, 2.45) is 0 Å². The van der Waals surface area contributed by atoms with Crippen molar-refractivity contribution in [2.75, 3.05) is 5.32 Å². The number of carbonyl (C=O) groups excluding carboxylic acids is 1. The van der Waals surface area contributed by atoms with Gasteiger partial charge in [-0.1, -0.05) is 23.2 Å². The van der Waals surface area contributed by atoms with Crippen LogP contribution in [-0.2, 0) is 24.2 Å². The SMILES string of the molecule is O=C(Cn1cnc2sc3c(c2c1=O)CCC3)Nc1cc(Cl)ccc1Cl. The molecule has 1 amide bonds. The molecule has 0 radical (unpaired) electrons. The van der Waals surface area contributed by atoms with Crippen molar-refractivity contribution in [3.05, 3.63) is 55.4 Å². The number of carbonyl (C=O) groups is 1. The zero-order valence-corrected chi connectivity index (χ0v) is 15.3. The Hall–Kier alpha value is -1.89. The van der Waals surface area contributed by atoms with Gasteiger partial charge in [-0.25, -0.2) is 4.98 Å². The number of hydrogen-bond donors (Lipinski definition) is 1. The number of halogens is 2. The summed E-state index contributed by atoms with van der Waals surface area (Å²) in [5.41, 5.74) is 1.35. The van der Waals surface area contributed by atoms with Crippen LogP contribution in [0.2, 0.25) is 10.0 Å². The highest BCUT2D eigenvalue weighted by Gasteiger charge is 2.21. The third-order valence-electron chi connectivity index (χ3n) is 4.21. The number of fused-ring (bicyclic) bond motifs is 3. The fraction of sp³-hybridized carbons (Fsp3) is 0.235. The minimum atomic E-state index is -0.362. The second-order valence-electron chi connectivity index (χ2n) is 5.89. The summed E-state index contributed by atoms with van der Waals surface area (Å²) < 4.78 is 1.33. The van der Waals surface area contributed by atoms with E-state index in [1.165, 1.54) is 15.8 Å². The zero-order valence-electron chi connectivity index (χ0n) is 13.0. The molecule has 1 aromatic carbocycles. The fourth-order valence-electron chi connectivity index (χ4n) is 3.07. The van der Waals surface area contributed by atoms with Crippen LogP contribution in [0.3, 0.4) is 0 Å². The molecule has 5 nitrogen and oxygen atoms in total. The van der Waals surface area contributed by atoms with E-state index in [0.29, 0.717) is 21.1 Å². The summed E-state index contributed by atoms with van der Waals surface area (Å²) in [6, 6.07) is 4.81. The quantitative estimate of drug-likeness (QED) is 0.733. The molecule has 0 atom stereocenters. The maximum atomic E-state index is 12.8. The summed E-state index contributed by atoms with van der Waals surface area (Å²) in [6.45, 7) is -0.130. The number of nitrogens with one attached hydrogen (secondary N) is 1. The molecule has 0 saturated heterocycles. The maximum absolute atomic E-state index is 12.8. The van der Waals surface area contributed by atoms with E-state index < -0.39 is 0 Å². The predicted octanol–water partition coefficient (Wildman–Crippen LogP) is 3.89. The zero-order chi connectivity index (χ0) is 17.6. The van der Waals surface area contributed by atoms with Crippen molar-refractivity contribution >= 4 is 56.3 Å². The van der Waals surface area contributed by atoms with Crippen LogP contribution in [0.15, 0.2) is 29.3 Å². The van der Waals surface area contributed by atoms with Crippen LogP contribution in [0, 0.1) is 0 Å². The topological polar surface area (TPSA) is 64.0 Å². The van der Waals surface area contributed by atoms with Crippen LogP contribution in [0.1, 0.15) is 16.9 Å². The Labute approximate surface area is 157 Å². The Morgan fingerprint density at radius 2 is 2.16 bits per heavy atom. The third kappa shape index (κ3) is 3.05. The second-order valence-corrected chi connectivity index (χ2v) is 7.81. The van der Waals surface area contributed by atoms with Gasteiger partial charge >= 0.3 is 0 Å². The van der Waals surface area contributed by atoms with Gasteiger partial charge in [-0.15, -0.1) is 11.3 Å². The van der Waals surface area contributed by atoms with Crippen LogP contribution >= 0.6 is 34.5 Å². The number of aryl methyl sites for hydroxylation is 2. The van der Waals surface area contributed by atoms with Gasteiger partial charge in [0, 0.05) is 9.90 Å². The summed E-state index contributed by atoms with van der Waals surface area (Å²) >= 11 is 13.5. The van der Waals surface area contributed by atoms with Gasteiger partial charge in [0.25, 0.3) is 5.56 Å². The largest absolute Gasteiger partial charge is 0.323 e. The minimum absolute atomic E-state index is 0.130. The molecule has 1 N–H and O–H groups in total.